The Balaban J connectivity index is 1.69. The van der Waals surface area contributed by atoms with Crippen LogP contribution >= 0.6 is 0 Å². The highest BCUT2D eigenvalue weighted by molar-refractivity contribution is 5.98. The number of carboxylic acid groups (broad SMARTS) is 1. The van der Waals surface area contributed by atoms with Gasteiger partial charge in [0.05, 0.1) is 0 Å². The molecule has 0 bridgehead atoms. The van der Waals surface area contributed by atoms with Gasteiger partial charge in [0, 0.05) is 17.5 Å². The molecule has 6 heteroatoms. The molecule has 3 rings (SSSR count). The van der Waals surface area contributed by atoms with Gasteiger partial charge in [-0.2, -0.15) is 0 Å². The first-order valence-electron chi connectivity index (χ1n) is 11.7. The van der Waals surface area contributed by atoms with Gasteiger partial charge in [-0.15, -0.1) is 0 Å². The Bertz CT molecular complexity index is 1150. The van der Waals surface area contributed by atoms with Crippen LogP contribution in [0.5, 0.6) is 0 Å². The number of carbonyl (C=O) groups excluding carboxylic acids is 2. The maximum atomic E-state index is 13.1. The molecule has 0 fully saturated rings. The zero-order chi connectivity index (χ0) is 25.4. The Morgan fingerprint density at radius 2 is 1.43 bits per heavy atom. The van der Waals surface area contributed by atoms with Crippen molar-refractivity contribution in [3.05, 3.63) is 95.6 Å². The third-order valence-electron chi connectivity index (χ3n) is 5.75. The van der Waals surface area contributed by atoms with Crippen LogP contribution in [0.3, 0.4) is 0 Å². The molecule has 0 saturated carbocycles. The number of benzene rings is 3. The molecule has 0 aliphatic heterocycles. The van der Waals surface area contributed by atoms with E-state index in [0.29, 0.717) is 12.0 Å². The lowest BCUT2D eigenvalue weighted by Gasteiger charge is -2.29. The van der Waals surface area contributed by atoms with Crippen molar-refractivity contribution in [2.75, 3.05) is 0 Å². The van der Waals surface area contributed by atoms with E-state index in [0.717, 1.165) is 16.7 Å². The fourth-order valence-electron chi connectivity index (χ4n) is 3.91. The van der Waals surface area contributed by atoms with Crippen LogP contribution in [0, 0.1) is 6.92 Å². The first-order valence-corrected chi connectivity index (χ1v) is 11.7. The predicted octanol–water partition coefficient (Wildman–Crippen LogP) is 4.76. The van der Waals surface area contributed by atoms with Gasteiger partial charge in [0.1, 0.15) is 6.04 Å². The van der Waals surface area contributed by atoms with E-state index >= 15 is 0 Å². The molecule has 2 amide bonds. The van der Waals surface area contributed by atoms with Crippen LogP contribution < -0.4 is 10.6 Å². The van der Waals surface area contributed by atoms with Gasteiger partial charge in [-0.25, -0.2) is 0 Å². The van der Waals surface area contributed by atoms with Gasteiger partial charge in [0.15, 0.2) is 0 Å². The highest BCUT2D eigenvalue weighted by Gasteiger charge is 2.28. The summed E-state index contributed by atoms with van der Waals surface area (Å²) in [5.74, 6) is -1.85. The average molecular weight is 473 g/mol. The van der Waals surface area contributed by atoms with Gasteiger partial charge < -0.3 is 15.7 Å². The fraction of sp³-hybridized carbons (Fsp3) is 0.276. The summed E-state index contributed by atoms with van der Waals surface area (Å²) >= 11 is 0. The smallest absolute Gasteiger partial charge is 0.303 e. The molecule has 0 aromatic heterocycles. The molecule has 0 radical (unpaired) electrons. The average Bonchev–Trinajstić information content (AvgIpc) is 2.82. The van der Waals surface area contributed by atoms with Gasteiger partial charge in [-0.1, -0.05) is 72.3 Å². The topological polar surface area (TPSA) is 95.5 Å². The van der Waals surface area contributed by atoms with E-state index < -0.39 is 29.4 Å². The van der Waals surface area contributed by atoms with Crippen molar-refractivity contribution >= 4 is 17.8 Å². The summed E-state index contributed by atoms with van der Waals surface area (Å²) in [5, 5.41) is 14.8. The Morgan fingerprint density at radius 1 is 0.857 bits per heavy atom. The van der Waals surface area contributed by atoms with E-state index in [9.17, 15) is 14.4 Å². The largest absolute Gasteiger partial charge is 0.481 e. The number of amides is 2. The van der Waals surface area contributed by atoms with Crippen molar-refractivity contribution in [2.45, 2.75) is 51.6 Å². The Hall–Kier alpha value is -3.93. The quantitative estimate of drug-likeness (QED) is 0.396. The van der Waals surface area contributed by atoms with E-state index in [2.05, 4.69) is 10.6 Å². The minimum Gasteiger partial charge on any atom is -0.481 e. The molecule has 0 spiro atoms. The number of nitrogens with one attached hydrogen (secondary N) is 2. The molecule has 3 aromatic carbocycles. The van der Waals surface area contributed by atoms with E-state index in [1.54, 1.807) is 12.1 Å². The van der Waals surface area contributed by atoms with E-state index in [-0.39, 0.29) is 12.8 Å². The zero-order valence-electron chi connectivity index (χ0n) is 20.4. The minimum atomic E-state index is -1.02. The number of aliphatic carboxylic acids is 1. The lowest BCUT2D eigenvalue weighted by Crippen LogP contribution is -2.54. The van der Waals surface area contributed by atoms with E-state index in [1.807, 2.05) is 87.5 Å². The molecule has 0 saturated heterocycles. The summed E-state index contributed by atoms with van der Waals surface area (Å²) in [6.45, 7) is 5.83. The van der Waals surface area contributed by atoms with Crippen molar-refractivity contribution in [1.29, 1.82) is 0 Å². The first-order chi connectivity index (χ1) is 16.6. The van der Waals surface area contributed by atoms with Gasteiger partial charge in [0.2, 0.25) is 5.91 Å². The second kappa shape index (κ2) is 11.5. The van der Waals surface area contributed by atoms with Crippen molar-refractivity contribution in [3.8, 4) is 11.1 Å². The number of aryl methyl sites for hydroxylation is 1. The Labute approximate surface area is 206 Å². The second-order valence-corrected chi connectivity index (χ2v) is 9.44. The molecule has 1 atom stereocenters. The maximum absolute atomic E-state index is 13.1. The molecule has 35 heavy (non-hydrogen) atoms. The second-order valence-electron chi connectivity index (χ2n) is 9.44. The zero-order valence-corrected chi connectivity index (χ0v) is 20.4. The molecule has 182 valence electrons. The molecule has 6 nitrogen and oxygen atoms in total. The standard InChI is InChI=1S/C29H32N2O4/c1-20-9-11-22(12-10-20)23-13-15-24(16-14-23)27(34)30-25(17-18-26(32)33)28(35)31-29(2,3)19-21-7-5-4-6-8-21/h4-16,25H,17-19H2,1-3H3,(H,30,34)(H,31,35)(H,32,33)/t25-/m0/s1. The normalized spacial score (nSPS) is 12.0. The molecule has 3 N–H and O–H groups in total. The fourth-order valence-corrected chi connectivity index (χ4v) is 3.91. The summed E-state index contributed by atoms with van der Waals surface area (Å²) in [4.78, 5) is 37.1. The number of rotatable bonds is 10. The summed E-state index contributed by atoms with van der Waals surface area (Å²) in [5.41, 5.74) is 4.07. The highest BCUT2D eigenvalue weighted by Crippen LogP contribution is 2.20. The molecule has 0 unspecified atom stereocenters. The van der Waals surface area contributed by atoms with Crippen LogP contribution in [-0.2, 0) is 16.0 Å². The van der Waals surface area contributed by atoms with Gasteiger partial charge >= 0.3 is 5.97 Å². The third kappa shape index (κ3) is 7.81. The van der Waals surface area contributed by atoms with Crippen molar-refractivity contribution in [3.63, 3.8) is 0 Å². The molecular formula is C29H32N2O4. The van der Waals surface area contributed by atoms with Crippen molar-refractivity contribution in [2.24, 2.45) is 0 Å². The van der Waals surface area contributed by atoms with Crippen LogP contribution in [0.4, 0.5) is 0 Å². The monoisotopic (exact) mass is 472 g/mol. The van der Waals surface area contributed by atoms with Gasteiger partial charge in [-0.05, 0) is 62.4 Å². The first kappa shape index (κ1) is 25.7. The summed E-state index contributed by atoms with van der Waals surface area (Å²) in [6, 6.07) is 24.0. The lowest BCUT2D eigenvalue weighted by atomic mass is 9.94. The summed E-state index contributed by atoms with van der Waals surface area (Å²) in [6.07, 6.45) is 0.360. The van der Waals surface area contributed by atoms with Crippen LogP contribution in [-0.4, -0.2) is 34.5 Å². The molecular weight excluding hydrogens is 440 g/mol. The number of hydrogen-bond donors (Lipinski definition) is 3. The van der Waals surface area contributed by atoms with Gasteiger partial charge in [-0.3, -0.25) is 14.4 Å². The van der Waals surface area contributed by atoms with Crippen LogP contribution in [0.1, 0.15) is 48.2 Å². The maximum Gasteiger partial charge on any atom is 0.303 e. The minimum absolute atomic E-state index is 0.00419. The molecule has 0 heterocycles. The third-order valence-corrected chi connectivity index (χ3v) is 5.75. The van der Waals surface area contributed by atoms with E-state index in [4.69, 9.17) is 5.11 Å². The van der Waals surface area contributed by atoms with Crippen LogP contribution in [0.25, 0.3) is 11.1 Å². The Morgan fingerprint density at radius 3 is 2.00 bits per heavy atom. The SMILES string of the molecule is Cc1ccc(-c2ccc(C(=O)N[C@@H](CCC(=O)O)C(=O)NC(C)(C)Cc3ccccc3)cc2)cc1. The lowest BCUT2D eigenvalue weighted by molar-refractivity contribution is -0.137. The highest BCUT2D eigenvalue weighted by atomic mass is 16.4. The van der Waals surface area contributed by atoms with Crippen LogP contribution in [0.2, 0.25) is 0 Å². The summed E-state index contributed by atoms with van der Waals surface area (Å²) < 4.78 is 0. The van der Waals surface area contributed by atoms with Crippen molar-refractivity contribution in [1.82, 2.24) is 10.6 Å². The molecule has 0 aliphatic rings. The summed E-state index contributed by atoms with van der Waals surface area (Å²) in [7, 11) is 0. The Kier molecular flexibility index (Phi) is 8.42. The number of carbonyl (C=O) groups is 3. The van der Waals surface area contributed by atoms with Crippen molar-refractivity contribution < 1.29 is 19.5 Å². The molecule has 3 aromatic rings. The number of carboxylic acids is 1. The predicted molar refractivity (Wildman–Crippen MR) is 137 cm³/mol. The molecule has 0 aliphatic carbocycles. The van der Waals surface area contributed by atoms with Gasteiger partial charge in [0.25, 0.3) is 5.91 Å². The number of hydrogen-bond acceptors (Lipinski definition) is 3. The van der Waals surface area contributed by atoms with Crippen LogP contribution in [0.15, 0.2) is 78.9 Å². The van der Waals surface area contributed by atoms with E-state index in [1.165, 1.54) is 5.56 Å².